The lowest BCUT2D eigenvalue weighted by molar-refractivity contribution is -0.137. The molecule has 1 saturated heterocycles. The SMILES string of the molecule is O=C(O)Oc1ccc(/C=C2\SC(=S)N(c3cccc(C(F)(F)F)c3)C2=O)cc1. The molecule has 1 N–H and O–H groups in total. The average molecular weight is 425 g/mol. The van der Waals surface area contributed by atoms with Gasteiger partial charge in [0.15, 0.2) is 4.32 Å². The largest absolute Gasteiger partial charge is 0.511 e. The van der Waals surface area contributed by atoms with Gasteiger partial charge < -0.3 is 9.84 Å². The molecule has 1 fully saturated rings. The maximum Gasteiger partial charge on any atom is 0.511 e. The van der Waals surface area contributed by atoms with Crippen molar-refractivity contribution in [1.82, 2.24) is 0 Å². The number of hydrogen-bond acceptors (Lipinski definition) is 5. The molecule has 1 amide bonds. The van der Waals surface area contributed by atoms with Crippen molar-refractivity contribution in [1.29, 1.82) is 0 Å². The number of hydrogen-bond donors (Lipinski definition) is 1. The second kappa shape index (κ2) is 7.64. The summed E-state index contributed by atoms with van der Waals surface area (Å²) < 4.78 is 43.4. The summed E-state index contributed by atoms with van der Waals surface area (Å²) in [5.74, 6) is -0.429. The van der Waals surface area contributed by atoms with Gasteiger partial charge in [-0.05, 0) is 42.0 Å². The number of ether oxygens (including phenoxy) is 1. The molecule has 0 bridgehead atoms. The molecule has 0 aliphatic carbocycles. The quantitative estimate of drug-likeness (QED) is 0.317. The Morgan fingerprint density at radius 2 is 1.86 bits per heavy atom. The van der Waals surface area contributed by atoms with E-state index >= 15 is 0 Å². The molecule has 144 valence electrons. The van der Waals surface area contributed by atoms with Crippen molar-refractivity contribution >= 4 is 52.1 Å². The zero-order valence-electron chi connectivity index (χ0n) is 13.8. The van der Waals surface area contributed by atoms with E-state index in [1.54, 1.807) is 0 Å². The van der Waals surface area contributed by atoms with Gasteiger partial charge in [-0.3, -0.25) is 9.69 Å². The second-order valence-electron chi connectivity index (χ2n) is 5.50. The minimum absolute atomic E-state index is 0.0333. The summed E-state index contributed by atoms with van der Waals surface area (Å²) in [6, 6.07) is 10.3. The highest BCUT2D eigenvalue weighted by Crippen LogP contribution is 2.38. The number of thiocarbonyl (C=S) groups is 1. The summed E-state index contributed by atoms with van der Waals surface area (Å²) in [6.07, 6.45) is -4.47. The predicted molar refractivity (Wildman–Crippen MR) is 102 cm³/mol. The molecule has 0 atom stereocenters. The molecule has 2 aromatic rings. The summed E-state index contributed by atoms with van der Waals surface area (Å²) in [4.78, 5) is 24.4. The molecule has 0 unspecified atom stereocenters. The Morgan fingerprint density at radius 1 is 1.18 bits per heavy atom. The fourth-order valence-corrected chi connectivity index (χ4v) is 3.69. The topological polar surface area (TPSA) is 66.8 Å². The van der Waals surface area contributed by atoms with Crippen molar-refractivity contribution in [3.63, 3.8) is 0 Å². The van der Waals surface area contributed by atoms with E-state index in [0.717, 1.165) is 28.8 Å². The predicted octanol–water partition coefficient (Wildman–Crippen LogP) is 5.17. The van der Waals surface area contributed by atoms with Crippen LogP contribution in [0.1, 0.15) is 11.1 Å². The zero-order chi connectivity index (χ0) is 20.5. The van der Waals surface area contributed by atoms with Crippen LogP contribution in [-0.2, 0) is 11.0 Å². The lowest BCUT2D eigenvalue weighted by atomic mass is 10.1. The third-order valence-corrected chi connectivity index (χ3v) is 4.91. The van der Waals surface area contributed by atoms with Crippen LogP contribution in [0.3, 0.4) is 0 Å². The van der Waals surface area contributed by atoms with E-state index in [2.05, 4.69) is 4.74 Å². The Hall–Kier alpha value is -2.85. The van der Waals surface area contributed by atoms with Gasteiger partial charge in [0.2, 0.25) is 0 Å². The van der Waals surface area contributed by atoms with Crippen molar-refractivity contribution < 1.29 is 32.6 Å². The van der Waals surface area contributed by atoms with Crippen LogP contribution in [0.4, 0.5) is 23.7 Å². The molecule has 28 heavy (non-hydrogen) atoms. The van der Waals surface area contributed by atoms with Crippen molar-refractivity contribution in [3.05, 3.63) is 64.6 Å². The number of nitrogens with zero attached hydrogens (tertiary/aromatic N) is 1. The van der Waals surface area contributed by atoms with E-state index in [-0.39, 0.29) is 20.7 Å². The van der Waals surface area contributed by atoms with E-state index in [1.807, 2.05) is 0 Å². The van der Waals surface area contributed by atoms with E-state index in [1.165, 1.54) is 42.5 Å². The first kappa shape index (κ1) is 19.9. The van der Waals surface area contributed by atoms with Crippen molar-refractivity contribution in [2.75, 3.05) is 4.90 Å². The Morgan fingerprint density at radius 3 is 2.46 bits per heavy atom. The molecule has 5 nitrogen and oxygen atoms in total. The minimum atomic E-state index is -4.54. The maximum absolute atomic E-state index is 12.9. The molecule has 1 aliphatic heterocycles. The van der Waals surface area contributed by atoms with Crippen molar-refractivity contribution in [2.45, 2.75) is 6.18 Å². The standard InChI is InChI=1S/C18H10F3NO4S2/c19-18(20,21)11-2-1-3-12(9-11)22-15(23)14(28-16(22)27)8-10-4-6-13(7-5-10)26-17(24)25/h1-9H,(H,24,25)/b14-8-. The van der Waals surface area contributed by atoms with Gasteiger partial charge in [-0.15, -0.1) is 0 Å². The summed E-state index contributed by atoms with van der Waals surface area (Å²) in [6.45, 7) is 0. The Kier molecular flexibility index (Phi) is 5.43. The number of benzene rings is 2. The highest BCUT2D eigenvalue weighted by atomic mass is 32.2. The number of alkyl halides is 3. The van der Waals surface area contributed by atoms with Crippen LogP contribution in [0.2, 0.25) is 0 Å². The smallest absolute Gasteiger partial charge is 0.449 e. The number of amides is 1. The Labute approximate surface area is 166 Å². The molecule has 3 rings (SSSR count). The van der Waals surface area contributed by atoms with Gasteiger partial charge in [-0.1, -0.05) is 42.2 Å². The number of anilines is 1. The third kappa shape index (κ3) is 4.34. The number of carboxylic acid groups (broad SMARTS) is 1. The van der Waals surface area contributed by atoms with Gasteiger partial charge in [0.25, 0.3) is 5.91 Å². The normalized spacial score (nSPS) is 16.0. The molecule has 10 heteroatoms. The summed E-state index contributed by atoms with van der Waals surface area (Å²) in [5.41, 5.74) is -0.273. The number of carbonyl (C=O) groups is 2. The van der Waals surface area contributed by atoms with Crippen LogP contribution in [0.5, 0.6) is 5.75 Å². The van der Waals surface area contributed by atoms with Gasteiger partial charge in [-0.2, -0.15) is 13.2 Å². The minimum Gasteiger partial charge on any atom is -0.449 e. The summed E-state index contributed by atoms with van der Waals surface area (Å²) >= 11 is 6.12. The zero-order valence-corrected chi connectivity index (χ0v) is 15.4. The summed E-state index contributed by atoms with van der Waals surface area (Å²) in [5, 5.41) is 8.56. The molecule has 0 aromatic heterocycles. The summed E-state index contributed by atoms with van der Waals surface area (Å²) in [7, 11) is 0. The fourth-order valence-electron chi connectivity index (χ4n) is 2.40. The van der Waals surface area contributed by atoms with Crippen molar-refractivity contribution in [3.8, 4) is 5.75 Å². The molecule has 1 heterocycles. The lowest BCUT2D eigenvalue weighted by Gasteiger charge is -2.16. The van der Waals surface area contributed by atoms with Crippen molar-refractivity contribution in [2.24, 2.45) is 0 Å². The first-order valence-electron chi connectivity index (χ1n) is 7.61. The molecule has 1 aliphatic rings. The second-order valence-corrected chi connectivity index (χ2v) is 7.18. The van der Waals surface area contributed by atoms with E-state index < -0.39 is 23.8 Å². The van der Waals surface area contributed by atoms with Crippen LogP contribution >= 0.6 is 24.0 Å². The number of rotatable bonds is 3. The van der Waals surface area contributed by atoms with Crippen LogP contribution in [0, 0.1) is 0 Å². The molecular formula is C18H10F3NO4S2. The number of halogens is 3. The third-order valence-electron chi connectivity index (χ3n) is 3.61. The first-order valence-corrected chi connectivity index (χ1v) is 8.84. The van der Waals surface area contributed by atoms with Gasteiger partial charge in [0.05, 0.1) is 16.2 Å². The number of thioether (sulfide) groups is 1. The van der Waals surface area contributed by atoms with Gasteiger partial charge in [0, 0.05) is 0 Å². The molecule has 0 saturated carbocycles. The number of carbonyl (C=O) groups excluding carboxylic acids is 1. The van der Waals surface area contributed by atoms with E-state index in [9.17, 15) is 22.8 Å². The monoisotopic (exact) mass is 425 g/mol. The Bertz CT molecular complexity index is 987. The molecule has 2 aromatic carbocycles. The van der Waals surface area contributed by atoms with Gasteiger partial charge >= 0.3 is 12.3 Å². The van der Waals surface area contributed by atoms with E-state index in [4.69, 9.17) is 17.3 Å². The fraction of sp³-hybridized carbons (Fsp3) is 0.0556. The van der Waals surface area contributed by atoms with Crippen LogP contribution in [0.15, 0.2) is 53.4 Å². The molecule has 0 spiro atoms. The highest BCUT2D eigenvalue weighted by molar-refractivity contribution is 8.27. The highest BCUT2D eigenvalue weighted by Gasteiger charge is 2.36. The molecule has 0 radical (unpaired) electrons. The molecular weight excluding hydrogens is 415 g/mol. The van der Waals surface area contributed by atoms with Crippen LogP contribution in [0.25, 0.3) is 6.08 Å². The van der Waals surface area contributed by atoms with E-state index in [0.29, 0.717) is 5.56 Å². The average Bonchev–Trinajstić information content (AvgIpc) is 2.89. The van der Waals surface area contributed by atoms with Crippen LogP contribution < -0.4 is 9.64 Å². The van der Waals surface area contributed by atoms with Gasteiger partial charge in [0.1, 0.15) is 5.75 Å². The lowest BCUT2D eigenvalue weighted by Crippen LogP contribution is -2.27. The van der Waals surface area contributed by atoms with Gasteiger partial charge in [-0.25, -0.2) is 4.79 Å². The first-order chi connectivity index (χ1) is 13.1. The Balaban J connectivity index is 1.86. The van der Waals surface area contributed by atoms with Crippen LogP contribution in [-0.4, -0.2) is 21.5 Å². The maximum atomic E-state index is 12.9.